The number of rotatable bonds is 9. The molecular formula is C10H20N2OS. The van der Waals surface area contributed by atoms with Gasteiger partial charge in [0.05, 0.1) is 6.54 Å². The van der Waals surface area contributed by atoms with Crippen LogP contribution in [-0.4, -0.2) is 37.0 Å². The van der Waals surface area contributed by atoms with Crippen LogP contribution in [0.1, 0.15) is 13.3 Å². The van der Waals surface area contributed by atoms with E-state index in [1.807, 2.05) is 24.8 Å². The predicted molar refractivity (Wildman–Crippen MR) is 63.7 cm³/mol. The first-order valence-electron chi connectivity index (χ1n) is 4.97. The summed E-state index contributed by atoms with van der Waals surface area (Å²) in [6, 6.07) is 0. The van der Waals surface area contributed by atoms with Crippen molar-refractivity contribution in [3.8, 4) is 0 Å². The molecule has 0 fully saturated rings. The lowest BCUT2D eigenvalue weighted by molar-refractivity contribution is -0.120. The van der Waals surface area contributed by atoms with Gasteiger partial charge in [-0.05, 0) is 6.42 Å². The minimum atomic E-state index is 0.0839. The average Bonchev–Trinajstić information content (AvgIpc) is 2.20. The van der Waals surface area contributed by atoms with Crippen LogP contribution in [0, 0.1) is 0 Å². The van der Waals surface area contributed by atoms with Crippen molar-refractivity contribution in [2.45, 2.75) is 13.3 Å². The van der Waals surface area contributed by atoms with Crippen molar-refractivity contribution in [2.24, 2.45) is 0 Å². The summed E-state index contributed by atoms with van der Waals surface area (Å²) in [4.78, 5) is 11.1. The van der Waals surface area contributed by atoms with Crippen molar-refractivity contribution >= 4 is 17.7 Å². The van der Waals surface area contributed by atoms with Crippen LogP contribution in [0.4, 0.5) is 0 Å². The fourth-order valence-corrected chi connectivity index (χ4v) is 1.46. The van der Waals surface area contributed by atoms with Gasteiger partial charge in [0.2, 0.25) is 5.91 Å². The molecule has 4 heteroatoms. The van der Waals surface area contributed by atoms with Gasteiger partial charge in [0.25, 0.3) is 0 Å². The van der Waals surface area contributed by atoms with E-state index in [-0.39, 0.29) is 5.91 Å². The Morgan fingerprint density at radius 2 is 2.29 bits per heavy atom. The van der Waals surface area contributed by atoms with E-state index in [1.165, 1.54) is 0 Å². The molecule has 0 radical (unpaired) electrons. The molecule has 3 nitrogen and oxygen atoms in total. The van der Waals surface area contributed by atoms with Crippen molar-refractivity contribution in [1.82, 2.24) is 10.6 Å². The minimum absolute atomic E-state index is 0.0839. The number of carbonyl (C=O) groups is 1. The van der Waals surface area contributed by atoms with E-state index in [2.05, 4.69) is 17.2 Å². The maximum Gasteiger partial charge on any atom is 0.233 e. The highest BCUT2D eigenvalue weighted by atomic mass is 32.2. The van der Waals surface area contributed by atoms with E-state index in [4.69, 9.17) is 0 Å². The van der Waals surface area contributed by atoms with Gasteiger partial charge in [-0.2, -0.15) is 11.8 Å². The molecule has 14 heavy (non-hydrogen) atoms. The highest BCUT2D eigenvalue weighted by Gasteiger charge is 1.97. The monoisotopic (exact) mass is 216 g/mol. The molecule has 2 N–H and O–H groups in total. The van der Waals surface area contributed by atoms with Crippen molar-refractivity contribution in [3.05, 3.63) is 12.7 Å². The summed E-state index contributed by atoms with van der Waals surface area (Å²) in [6.07, 6.45) is 2.87. The Morgan fingerprint density at radius 1 is 1.50 bits per heavy atom. The van der Waals surface area contributed by atoms with Gasteiger partial charge in [-0.25, -0.2) is 0 Å². The summed E-state index contributed by atoms with van der Waals surface area (Å²) in [5.41, 5.74) is 0. The highest BCUT2D eigenvalue weighted by molar-refractivity contribution is 7.99. The number of thioether (sulfide) groups is 1. The average molecular weight is 216 g/mol. The summed E-state index contributed by atoms with van der Waals surface area (Å²) in [6.45, 7) is 7.74. The van der Waals surface area contributed by atoms with Gasteiger partial charge in [-0.1, -0.05) is 13.0 Å². The molecule has 0 saturated carbocycles. The van der Waals surface area contributed by atoms with Gasteiger partial charge >= 0.3 is 0 Å². The molecule has 0 aromatic carbocycles. The summed E-state index contributed by atoms with van der Waals surface area (Å²) in [5.74, 6) is 2.08. The fourth-order valence-electron chi connectivity index (χ4n) is 0.840. The van der Waals surface area contributed by atoms with Crippen LogP contribution in [0.25, 0.3) is 0 Å². The first-order valence-corrected chi connectivity index (χ1v) is 6.12. The maximum absolute atomic E-state index is 11.1. The van der Waals surface area contributed by atoms with Crippen LogP contribution in [0.5, 0.6) is 0 Å². The zero-order valence-electron chi connectivity index (χ0n) is 8.84. The van der Waals surface area contributed by atoms with Gasteiger partial charge < -0.3 is 10.6 Å². The van der Waals surface area contributed by atoms with Gasteiger partial charge in [-0.3, -0.25) is 4.79 Å². The molecule has 0 rings (SSSR count). The number of hydrogen-bond donors (Lipinski definition) is 2. The van der Waals surface area contributed by atoms with Crippen molar-refractivity contribution < 1.29 is 4.79 Å². The smallest absolute Gasteiger partial charge is 0.233 e. The molecule has 0 aromatic heterocycles. The van der Waals surface area contributed by atoms with Crippen LogP contribution in [0.15, 0.2) is 12.7 Å². The van der Waals surface area contributed by atoms with Crippen molar-refractivity contribution in [3.63, 3.8) is 0 Å². The van der Waals surface area contributed by atoms with E-state index in [9.17, 15) is 4.79 Å². The minimum Gasteiger partial charge on any atom is -0.355 e. The lowest BCUT2D eigenvalue weighted by atomic mass is 10.4. The zero-order valence-corrected chi connectivity index (χ0v) is 9.66. The quantitative estimate of drug-likeness (QED) is 0.447. The van der Waals surface area contributed by atoms with Gasteiger partial charge in [0, 0.05) is 24.6 Å². The molecule has 82 valence electrons. The molecule has 0 atom stereocenters. The number of amides is 1. The number of carbonyl (C=O) groups excluding carboxylic acids is 1. The Kier molecular flexibility index (Phi) is 10.2. The highest BCUT2D eigenvalue weighted by Crippen LogP contribution is 1.96. The molecule has 0 bridgehead atoms. The Bertz CT molecular complexity index is 162. The fraction of sp³-hybridized carbons (Fsp3) is 0.700. The second-order valence-electron chi connectivity index (χ2n) is 2.89. The van der Waals surface area contributed by atoms with Gasteiger partial charge in [0.1, 0.15) is 0 Å². The van der Waals surface area contributed by atoms with Crippen LogP contribution in [-0.2, 0) is 4.79 Å². The number of hydrogen-bond acceptors (Lipinski definition) is 3. The molecule has 0 aliphatic heterocycles. The Balaban J connectivity index is 3.10. The molecule has 0 aliphatic carbocycles. The standard InChI is InChI=1S/C10H20N2OS/c1-3-5-12-10(13)9-11-6-8-14-7-4-2/h4,11H,2-3,5-9H2,1H3,(H,12,13). The van der Waals surface area contributed by atoms with Gasteiger partial charge in [0.15, 0.2) is 0 Å². The first kappa shape index (κ1) is 13.5. The summed E-state index contributed by atoms with van der Waals surface area (Å²) in [7, 11) is 0. The first-order chi connectivity index (χ1) is 6.81. The molecule has 0 spiro atoms. The van der Waals surface area contributed by atoms with E-state index in [0.717, 1.165) is 31.0 Å². The van der Waals surface area contributed by atoms with Crippen LogP contribution in [0.2, 0.25) is 0 Å². The largest absolute Gasteiger partial charge is 0.355 e. The Labute approximate surface area is 90.7 Å². The maximum atomic E-state index is 11.1. The molecule has 0 unspecified atom stereocenters. The lowest BCUT2D eigenvalue weighted by Crippen LogP contribution is -2.35. The van der Waals surface area contributed by atoms with Crippen molar-refractivity contribution in [1.29, 1.82) is 0 Å². The van der Waals surface area contributed by atoms with Crippen LogP contribution < -0.4 is 10.6 Å². The predicted octanol–water partition coefficient (Wildman–Crippen LogP) is 1.02. The molecular weight excluding hydrogens is 196 g/mol. The number of nitrogens with one attached hydrogen (secondary N) is 2. The topological polar surface area (TPSA) is 41.1 Å². The SMILES string of the molecule is C=CCSCCNCC(=O)NCCC. The Hall–Kier alpha value is -0.480. The summed E-state index contributed by atoms with van der Waals surface area (Å²) >= 11 is 1.81. The van der Waals surface area contributed by atoms with Gasteiger partial charge in [-0.15, -0.1) is 6.58 Å². The van der Waals surface area contributed by atoms with E-state index in [1.54, 1.807) is 0 Å². The zero-order chi connectivity index (χ0) is 10.6. The molecule has 0 heterocycles. The molecule has 0 aromatic rings. The second kappa shape index (κ2) is 10.6. The molecule has 1 amide bonds. The third kappa shape index (κ3) is 9.61. The van der Waals surface area contributed by atoms with Crippen LogP contribution in [0.3, 0.4) is 0 Å². The van der Waals surface area contributed by atoms with E-state index in [0.29, 0.717) is 6.54 Å². The third-order valence-electron chi connectivity index (χ3n) is 1.52. The summed E-state index contributed by atoms with van der Waals surface area (Å²) < 4.78 is 0. The third-order valence-corrected chi connectivity index (χ3v) is 2.48. The summed E-state index contributed by atoms with van der Waals surface area (Å²) in [5, 5.41) is 5.90. The van der Waals surface area contributed by atoms with E-state index < -0.39 is 0 Å². The molecule has 0 saturated heterocycles. The van der Waals surface area contributed by atoms with Crippen molar-refractivity contribution in [2.75, 3.05) is 31.1 Å². The second-order valence-corrected chi connectivity index (χ2v) is 4.04. The van der Waals surface area contributed by atoms with Crippen LogP contribution >= 0.6 is 11.8 Å². The normalized spacial score (nSPS) is 9.79. The van der Waals surface area contributed by atoms with E-state index >= 15 is 0 Å². The lowest BCUT2D eigenvalue weighted by Gasteiger charge is -2.04. The molecule has 0 aliphatic rings. The Morgan fingerprint density at radius 3 is 2.93 bits per heavy atom.